The van der Waals surface area contributed by atoms with Crippen molar-refractivity contribution in [2.24, 2.45) is 11.8 Å². The van der Waals surface area contributed by atoms with Crippen molar-refractivity contribution in [3.05, 3.63) is 54.6 Å². The Balaban J connectivity index is 1.70. The van der Waals surface area contributed by atoms with E-state index in [0.29, 0.717) is 37.2 Å². The maximum atomic E-state index is 13.1. The van der Waals surface area contributed by atoms with Gasteiger partial charge in [0.15, 0.2) is 0 Å². The quantitative estimate of drug-likeness (QED) is 0.565. The number of nitrogens with one attached hydrogen (secondary N) is 2. The number of nitrogens with zero attached hydrogens (tertiary/aromatic N) is 1. The fourth-order valence-electron chi connectivity index (χ4n) is 3.99. The highest BCUT2D eigenvalue weighted by atomic mass is 32.2. The number of sulfonamides is 1. The molecule has 0 bridgehead atoms. The Morgan fingerprint density at radius 2 is 1.79 bits per heavy atom. The number of hydrogen-bond donors (Lipinski definition) is 2. The third-order valence-electron chi connectivity index (χ3n) is 6.29. The van der Waals surface area contributed by atoms with Crippen LogP contribution in [0.4, 0.5) is 5.69 Å². The average Bonchev–Trinajstić information content (AvgIpc) is 2.87. The number of carbonyl (C=O) groups excluding carboxylic acids is 2. The predicted molar refractivity (Wildman–Crippen MR) is 131 cm³/mol. The van der Waals surface area contributed by atoms with Crippen molar-refractivity contribution in [3.8, 4) is 5.75 Å². The zero-order valence-corrected chi connectivity index (χ0v) is 20.7. The monoisotopic (exact) mass is 487 g/mol. The Morgan fingerprint density at radius 1 is 1.12 bits per heavy atom. The van der Waals surface area contributed by atoms with E-state index in [1.54, 1.807) is 24.3 Å². The number of anilines is 1. The summed E-state index contributed by atoms with van der Waals surface area (Å²) in [5, 5.41) is 5.75. The van der Waals surface area contributed by atoms with E-state index in [2.05, 4.69) is 10.6 Å². The molecule has 3 atom stereocenters. The molecule has 34 heavy (non-hydrogen) atoms. The number of carbonyl (C=O) groups is 2. The minimum atomic E-state index is -3.74. The number of para-hydroxylation sites is 1. The second-order valence-corrected chi connectivity index (χ2v) is 10.5. The van der Waals surface area contributed by atoms with Crippen LogP contribution in [-0.2, 0) is 19.6 Å². The van der Waals surface area contributed by atoms with Crippen LogP contribution in [0.5, 0.6) is 5.75 Å². The Morgan fingerprint density at radius 3 is 2.41 bits per heavy atom. The number of rotatable bonds is 9. The molecule has 2 aromatic carbocycles. The van der Waals surface area contributed by atoms with Crippen LogP contribution in [-0.4, -0.2) is 50.8 Å². The molecule has 184 valence electrons. The Kier molecular flexibility index (Phi) is 8.68. The summed E-state index contributed by atoms with van der Waals surface area (Å²) in [6, 6.07) is 14.6. The lowest BCUT2D eigenvalue weighted by Gasteiger charge is -2.33. The molecule has 2 aromatic rings. The van der Waals surface area contributed by atoms with Crippen molar-refractivity contribution in [1.82, 2.24) is 9.62 Å². The van der Waals surface area contributed by atoms with E-state index in [4.69, 9.17) is 4.74 Å². The fraction of sp³-hybridized carbons (Fsp3) is 0.440. The largest absolute Gasteiger partial charge is 0.497 e. The summed E-state index contributed by atoms with van der Waals surface area (Å²) in [6.45, 7) is 4.30. The summed E-state index contributed by atoms with van der Waals surface area (Å²) in [6.07, 6.45) is 1.83. The van der Waals surface area contributed by atoms with Crippen molar-refractivity contribution in [1.29, 1.82) is 0 Å². The molecule has 2 unspecified atom stereocenters. The van der Waals surface area contributed by atoms with Gasteiger partial charge in [0.2, 0.25) is 21.8 Å². The van der Waals surface area contributed by atoms with E-state index in [9.17, 15) is 18.0 Å². The number of piperidine rings is 1. The van der Waals surface area contributed by atoms with Crippen LogP contribution in [0.1, 0.15) is 33.1 Å². The predicted octanol–water partition coefficient (Wildman–Crippen LogP) is 3.27. The van der Waals surface area contributed by atoms with Gasteiger partial charge in [0.25, 0.3) is 0 Å². The molecular formula is C25H33N3O5S. The van der Waals surface area contributed by atoms with Crippen molar-refractivity contribution in [2.45, 2.75) is 44.0 Å². The molecule has 8 nitrogen and oxygen atoms in total. The maximum absolute atomic E-state index is 13.1. The van der Waals surface area contributed by atoms with E-state index in [0.717, 1.165) is 0 Å². The van der Waals surface area contributed by atoms with Crippen LogP contribution in [0.3, 0.4) is 0 Å². The summed E-state index contributed by atoms with van der Waals surface area (Å²) in [7, 11) is -2.22. The van der Waals surface area contributed by atoms with Gasteiger partial charge in [-0.25, -0.2) is 8.42 Å². The van der Waals surface area contributed by atoms with Gasteiger partial charge in [-0.1, -0.05) is 38.5 Å². The van der Waals surface area contributed by atoms with E-state index in [-0.39, 0.29) is 29.2 Å². The van der Waals surface area contributed by atoms with Crippen molar-refractivity contribution >= 4 is 27.5 Å². The third kappa shape index (κ3) is 6.15. The normalized spacial score (nSPS) is 18.5. The topological polar surface area (TPSA) is 105 Å². The van der Waals surface area contributed by atoms with Crippen LogP contribution < -0.4 is 15.4 Å². The van der Waals surface area contributed by atoms with Crippen LogP contribution in [0, 0.1) is 11.8 Å². The van der Waals surface area contributed by atoms with Crippen LogP contribution in [0.15, 0.2) is 59.5 Å². The van der Waals surface area contributed by atoms with Gasteiger partial charge in [-0.3, -0.25) is 9.59 Å². The lowest BCUT2D eigenvalue weighted by atomic mass is 9.94. The first kappa shape index (κ1) is 25.7. The second-order valence-electron chi connectivity index (χ2n) is 8.60. The van der Waals surface area contributed by atoms with E-state index in [1.165, 1.54) is 23.5 Å². The Labute approximate surface area is 201 Å². The minimum Gasteiger partial charge on any atom is -0.497 e. The molecule has 1 saturated heterocycles. The van der Waals surface area contributed by atoms with Gasteiger partial charge >= 0.3 is 0 Å². The Hall–Kier alpha value is -2.91. The number of ether oxygens (including phenoxy) is 1. The molecule has 0 spiro atoms. The van der Waals surface area contributed by atoms with Crippen LogP contribution >= 0.6 is 0 Å². The summed E-state index contributed by atoms with van der Waals surface area (Å²) in [4.78, 5) is 26.3. The molecule has 9 heteroatoms. The standard InChI is InChI=1S/C25H33N3O5S/c1-4-18(2)23(25(30)26-20-10-6-5-7-11-20)27-24(29)19-9-8-16-28(17-19)34(31,32)22-14-12-21(33-3)13-15-22/h5-7,10-15,18-19,23H,4,8-9,16-17H2,1-3H3,(H,26,30)(H,27,29)/t18?,19?,23-/m1/s1. The van der Waals surface area contributed by atoms with Gasteiger partial charge in [-0.2, -0.15) is 4.31 Å². The summed E-state index contributed by atoms with van der Waals surface area (Å²) >= 11 is 0. The van der Waals surface area contributed by atoms with Gasteiger partial charge in [0, 0.05) is 18.8 Å². The summed E-state index contributed by atoms with van der Waals surface area (Å²) in [5.41, 5.74) is 0.657. The summed E-state index contributed by atoms with van der Waals surface area (Å²) < 4.78 is 32.7. The molecule has 0 saturated carbocycles. The average molecular weight is 488 g/mol. The number of benzene rings is 2. The third-order valence-corrected chi connectivity index (χ3v) is 8.17. The highest BCUT2D eigenvalue weighted by Gasteiger charge is 2.35. The molecule has 1 aliphatic heterocycles. The van der Waals surface area contributed by atoms with E-state index < -0.39 is 22.0 Å². The zero-order chi connectivity index (χ0) is 24.7. The molecule has 0 aliphatic carbocycles. The highest BCUT2D eigenvalue weighted by Crippen LogP contribution is 2.25. The SMILES string of the molecule is CCC(C)[C@@H](NC(=O)C1CCCN(S(=O)(=O)c2ccc(OC)cc2)C1)C(=O)Nc1ccccc1. The second kappa shape index (κ2) is 11.5. The van der Waals surface area contributed by atoms with E-state index in [1.807, 2.05) is 32.0 Å². The molecule has 0 radical (unpaired) electrons. The van der Waals surface area contributed by atoms with E-state index >= 15 is 0 Å². The molecular weight excluding hydrogens is 454 g/mol. The first-order valence-corrected chi connectivity index (χ1v) is 13.0. The molecule has 1 aliphatic rings. The van der Waals surface area contributed by atoms with Gasteiger partial charge in [0.05, 0.1) is 17.9 Å². The van der Waals surface area contributed by atoms with Crippen LogP contribution in [0.2, 0.25) is 0 Å². The summed E-state index contributed by atoms with van der Waals surface area (Å²) in [5.74, 6) is -0.636. The Bertz CT molecular complexity index is 1070. The molecule has 0 aromatic heterocycles. The van der Waals surface area contributed by atoms with Gasteiger partial charge < -0.3 is 15.4 Å². The lowest BCUT2D eigenvalue weighted by molar-refractivity contribution is -0.131. The fourth-order valence-corrected chi connectivity index (χ4v) is 5.51. The molecule has 1 fully saturated rings. The maximum Gasteiger partial charge on any atom is 0.247 e. The van der Waals surface area contributed by atoms with Crippen molar-refractivity contribution in [2.75, 3.05) is 25.5 Å². The minimum absolute atomic E-state index is 0.0771. The number of methoxy groups -OCH3 is 1. The first-order chi connectivity index (χ1) is 16.3. The lowest BCUT2D eigenvalue weighted by Crippen LogP contribution is -2.52. The molecule has 3 rings (SSSR count). The smallest absolute Gasteiger partial charge is 0.247 e. The van der Waals surface area contributed by atoms with Crippen molar-refractivity contribution in [3.63, 3.8) is 0 Å². The zero-order valence-electron chi connectivity index (χ0n) is 19.9. The van der Waals surface area contributed by atoms with Gasteiger partial charge in [-0.15, -0.1) is 0 Å². The molecule has 2 N–H and O–H groups in total. The van der Waals surface area contributed by atoms with Crippen molar-refractivity contribution < 1.29 is 22.7 Å². The molecule has 1 heterocycles. The number of amides is 2. The first-order valence-electron chi connectivity index (χ1n) is 11.6. The van der Waals surface area contributed by atoms with Gasteiger partial charge in [-0.05, 0) is 55.2 Å². The van der Waals surface area contributed by atoms with Gasteiger partial charge in [0.1, 0.15) is 11.8 Å². The molecule has 2 amide bonds. The highest BCUT2D eigenvalue weighted by molar-refractivity contribution is 7.89. The number of hydrogen-bond acceptors (Lipinski definition) is 5. The van der Waals surface area contributed by atoms with Crippen LogP contribution in [0.25, 0.3) is 0 Å².